The molecule has 0 radical (unpaired) electrons. The number of halogens is 1. The summed E-state index contributed by atoms with van der Waals surface area (Å²) in [4.78, 5) is 12.6. The van der Waals surface area contributed by atoms with Crippen molar-refractivity contribution in [2.24, 2.45) is 5.92 Å². The predicted molar refractivity (Wildman–Crippen MR) is 95.4 cm³/mol. The Kier molecular flexibility index (Phi) is 5.62. The van der Waals surface area contributed by atoms with Crippen molar-refractivity contribution in [3.05, 3.63) is 47.0 Å². The molecule has 1 amide bonds. The number of carbonyl (C=O) groups excluding carboxylic acids is 1. The molecule has 136 valence electrons. The first-order valence-corrected chi connectivity index (χ1v) is 8.50. The summed E-state index contributed by atoms with van der Waals surface area (Å²) in [6.07, 6.45) is 0.823. The fourth-order valence-corrected chi connectivity index (χ4v) is 2.77. The van der Waals surface area contributed by atoms with Crippen LogP contribution >= 0.6 is 0 Å². The van der Waals surface area contributed by atoms with E-state index < -0.39 is 5.60 Å². The fourth-order valence-electron chi connectivity index (χ4n) is 2.77. The predicted octanol–water partition coefficient (Wildman–Crippen LogP) is 3.16. The summed E-state index contributed by atoms with van der Waals surface area (Å²) >= 11 is 0. The van der Waals surface area contributed by atoms with Gasteiger partial charge in [-0.1, -0.05) is 20.3 Å². The minimum absolute atomic E-state index is 0.0666. The molecule has 2 unspecified atom stereocenters. The van der Waals surface area contributed by atoms with Gasteiger partial charge in [0.2, 0.25) is 0 Å². The van der Waals surface area contributed by atoms with Gasteiger partial charge in [-0.25, -0.2) is 9.07 Å². The van der Waals surface area contributed by atoms with E-state index in [0.29, 0.717) is 22.6 Å². The van der Waals surface area contributed by atoms with Crippen LogP contribution < -0.4 is 5.32 Å². The molecule has 25 heavy (non-hydrogen) atoms. The molecule has 0 aliphatic rings. The Balaban J connectivity index is 2.22. The van der Waals surface area contributed by atoms with Gasteiger partial charge in [-0.05, 0) is 51.0 Å². The number of hydrogen-bond donors (Lipinski definition) is 2. The minimum Gasteiger partial charge on any atom is -0.388 e. The molecular weight excluding hydrogens is 321 g/mol. The molecule has 2 atom stereocenters. The average Bonchev–Trinajstić information content (AvgIpc) is 2.87. The van der Waals surface area contributed by atoms with Gasteiger partial charge in [0, 0.05) is 6.54 Å². The van der Waals surface area contributed by atoms with Crippen molar-refractivity contribution < 1.29 is 14.3 Å². The largest absolute Gasteiger partial charge is 0.388 e. The maximum Gasteiger partial charge on any atom is 0.255 e. The van der Waals surface area contributed by atoms with Crippen molar-refractivity contribution in [3.8, 4) is 5.69 Å². The quantitative estimate of drug-likeness (QED) is 0.843. The smallest absolute Gasteiger partial charge is 0.255 e. The molecule has 0 aliphatic heterocycles. The third-order valence-electron chi connectivity index (χ3n) is 4.87. The second kappa shape index (κ2) is 7.35. The van der Waals surface area contributed by atoms with E-state index in [1.54, 1.807) is 37.6 Å². The van der Waals surface area contributed by atoms with Crippen LogP contribution in [0.3, 0.4) is 0 Å². The Morgan fingerprint density at radius 2 is 1.96 bits per heavy atom. The number of nitrogens with zero attached hydrogens (tertiary/aromatic N) is 2. The molecule has 1 aromatic heterocycles. The molecule has 0 aliphatic carbocycles. The van der Waals surface area contributed by atoms with E-state index in [9.17, 15) is 14.3 Å². The summed E-state index contributed by atoms with van der Waals surface area (Å²) in [6, 6.07) is 5.94. The molecular formula is C19H26FN3O2. The van der Waals surface area contributed by atoms with E-state index in [1.165, 1.54) is 12.1 Å². The first kappa shape index (κ1) is 19.1. The van der Waals surface area contributed by atoms with Crippen LogP contribution in [-0.2, 0) is 0 Å². The molecule has 2 N–H and O–H groups in total. The van der Waals surface area contributed by atoms with E-state index in [1.807, 2.05) is 13.8 Å². The minimum atomic E-state index is -0.973. The first-order chi connectivity index (χ1) is 11.7. The Morgan fingerprint density at radius 3 is 2.52 bits per heavy atom. The molecule has 2 rings (SSSR count). The van der Waals surface area contributed by atoms with Crippen molar-refractivity contribution in [1.29, 1.82) is 0 Å². The Morgan fingerprint density at radius 1 is 1.36 bits per heavy atom. The monoisotopic (exact) mass is 347 g/mol. The van der Waals surface area contributed by atoms with Crippen LogP contribution in [-0.4, -0.2) is 32.9 Å². The van der Waals surface area contributed by atoms with Gasteiger partial charge in [0.1, 0.15) is 5.82 Å². The van der Waals surface area contributed by atoms with Crippen molar-refractivity contribution >= 4 is 5.91 Å². The SMILES string of the molecule is CCC(C)C(C)(O)CNC(=O)c1c(C)nn(-c2ccc(F)cc2)c1C. The normalized spacial score (nSPS) is 14.8. The van der Waals surface area contributed by atoms with Crippen LogP contribution in [0.1, 0.15) is 48.9 Å². The number of benzene rings is 1. The summed E-state index contributed by atoms with van der Waals surface area (Å²) in [6.45, 7) is 9.40. The highest BCUT2D eigenvalue weighted by Gasteiger charge is 2.28. The Labute approximate surface area is 147 Å². The van der Waals surface area contributed by atoms with Crippen molar-refractivity contribution in [3.63, 3.8) is 0 Å². The average molecular weight is 347 g/mol. The van der Waals surface area contributed by atoms with Crippen LogP contribution in [0.2, 0.25) is 0 Å². The number of hydrogen-bond acceptors (Lipinski definition) is 3. The first-order valence-electron chi connectivity index (χ1n) is 8.50. The molecule has 0 saturated carbocycles. The van der Waals surface area contributed by atoms with E-state index >= 15 is 0 Å². The number of aliphatic hydroxyl groups is 1. The molecule has 0 spiro atoms. The van der Waals surface area contributed by atoms with Gasteiger partial charge in [0.15, 0.2) is 0 Å². The maximum absolute atomic E-state index is 13.1. The number of carbonyl (C=O) groups is 1. The number of nitrogens with one attached hydrogen (secondary N) is 1. The van der Waals surface area contributed by atoms with E-state index in [-0.39, 0.29) is 24.2 Å². The summed E-state index contributed by atoms with van der Waals surface area (Å²) in [5, 5.41) is 17.7. The highest BCUT2D eigenvalue weighted by Crippen LogP contribution is 2.21. The molecule has 0 bridgehead atoms. The van der Waals surface area contributed by atoms with Crippen LogP contribution in [0.4, 0.5) is 4.39 Å². The molecule has 1 aromatic carbocycles. The van der Waals surface area contributed by atoms with Crippen LogP contribution in [0.5, 0.6) is 0 Å². The zero-order chi connectivity index (χ0) is 18.8. The van der Waals surface area contributed by atoms with Gasteiger partial charge in [0.25, 0.3) is 5.91 Å². The lowest BCUT2D eigenvalue weighted by molar-refractivity contribution is 0.00591. The fraction of sp³-hybridized carbons (Fsp3) is 0.474. The van der Waals surface area contributed by atoms with E-state index in [0.717, 1.165) is 6.42 Å². The van der Waals surface area contributed by atoms with Crippen LogP contribution in [0, 0.1) is 25.6 Å². The number of rotatable bonds is 6. The van der Waals surface area contributed by atoms with Crippen LogP contribution in [0.25, 0.3) is 5.69 Å². The van der Waals surface area contributed by atoms with Crippen molar-refractivity contribution in [1.82, 2.24) is 15.1 Å². The molecule has 6 heteroatoms. The topological polar surface area (TPSA) is 67.2 Å². The second-order valence-corrected chi connectivity index (χ2v) is 6.78. The van der Waals surface area contributed by atoms with Crippen LogP contribution in [0.15, 0.2) is 24.3 Å². The summed E-state index contributed by atoms with van der Waals surface area (Å²) < 4.78 is 14.7. The Hall–Kier alpha value is -2.21. The number of aromatic nitrogens is 2. The van der Waals surface area contributed by atoms with E-state index in [4.69, 9.17) is 0 Å². The van der Waals surface area contributed by atoms with Gasteiger partial charge in [-0.3, -0.25) is 4.79 Å². The highest BCUT2D eigenvalue weighted by molar-refractivity contribution is 5.96. The zero-order valence-corrected chi connectivity index (χ0v) is 15.4. The molecule has 1 heterocycles. The lowest BCUT2D eigenvalue weighted by Gasteiger charge is -2.29. The summed E-state index contributed by atoms with van der Waals surface area (Å²) in [7, 11) is 0. The molecule has 5 nitrogen and oxygen atoms in total. The molecule has 0 fully saturated rings. The number of amides is 1. The van der Waals surface area contributed by atoms with Gasteiger partial charge in [-0.2, -0.15) is 5.10 Å². The van der Waals surface area contributed by atoms with Crippen molar-refractivity contribution in [2.45, 2.75) is 46.6 Å². The van der Waals surface area contributed by atoms with Gasteiger partial charge in [0.05, 0.1) is 28.2 Å². The van der Waals surface area contributed by atoms with Gasteiger partial charge < -0.3 is 10.4 Å². The summed E-state index contributed by atoms with van der Waals surface area (Å²) in [5.41, 5.74) is 1.45. The zero-order valence-electron chi connectivity index (χ0n) is 15.4. The highest BCUT2D eigenvalue weighted by atomic mass is 19.1. The molecule has 0 saturated heterocycles. The maximum atomic E-state index is 13.1. The lowest BCUT2D eigenvalue weighted by Crippen LogP contribution is -2.45. The third-order valence-corrected chi connectivity index (χ3v) is 4.87. The Bertz CT molecular complexity index is 751. The standard InChI is InChI=1S/C19H26FN3O2/c1-6-12(2)19(5,25)11-21-18(24)17-13(3)22-23(14(17)4)16-9-7-15(20)8-10-16/h7-10,12,25H,6,11H2,1-5H3,(H,21,24). The molecule has 2 aromatic rings. The third kappa shape index (κ3) is 4.07. The van der Waals surface area contributed by atoms with E-state index in [2.05, 4.69) is 10.4 Å². The van der Waals surface area contributed by atoms with Gasteiger partial charge >= 0.3 is 0 Å². The lowest BCUT2D eigenvalue weighted by atomic mass is 9.88. The number of aryl methyl sites for hydroxylation is 1. The summed E-state index contributed by atoms with van der Waals surface area (Å²) in [5.74, 6) is -0.528. The second-order valence-electron chi connectivity index (χ2n) is 6.78. The van der Waals surface area contributed by atoms with Crippen molar-refractivity contribution in [2.75, 3.05) is 6.54 Å². The van der Waals surface area contributed by atoms with Gasteiger partial charge in [-0.15, -0.1) is 0 Å².